The number of nitrogens with zero attached hydrogens (tertiary/aromatic N) is 3. The number of rotatable bonds is 2. The zero-order chi connectivity index (χ0) is 19.4. The Morgan fingerprint density at radius 1 is 1.11 bits per heavy atom. The molecule has 0 bridgehead atoms. The minimum atomic E-state index is -0.998. The molecule has 2 heterocycles. The fourth-order valence-electron chi connectivity index (χ4n) is 2.53. The molecule has 0 saturated heterocycles. The first kappa shape index (κ1) is 21.3. The molecule has 0 aliphatic carbocycles. The normalized spacial score (nSPS) is 9.96. The van der Waals surface area contributed by atoms with Gasteiger partial charge in [0.2, 0.25) is 5.82 Å². The largest absolute Gasteiger partial charge is 0.475 e. The van der Waals surface area contributed by atoms with Crippen LogP contribution in [0.2, 0.25) is 0 Å². The molecule has 0 atom stereocenters. The number of hydrogen-bond donors (Lipinski definition) is 1. The molecule has 145 valence electrons. The van der Waals surface area contributed by atoms with Crippen LogP contribution in [-0.2, 0) is 27.2 Å². The maximum atomic E-state index is 13.2. The molecule has 4 rings (SSSR count). The number of aromatic nitrogens is 3. The average Bonchev–Trinajstić information content (AvgIpc) is 3.07. The first-order valence-electron chi connectivity index (χ1n) is 7.89. The molecule has 0 aliphatic rings. The Labute approximate surface area is 173 Å². The van der Waals surface area contributed by atoms with Crippen molar-refractivity contribution >= 4 is 16.7 Å². The predicted octanol–water partition coefficient (Wildman–Crippen LogP) is 4.10. The van der Waals surface area contributed by atoms with E-state index < -0.39 is 17.6 Å². The Hall–Kier alpha value is -2.96. The maximum absolute atomic E-state index is 13.2. The molecular formula is C20H14F2IrN3O2-. The molecule has 4 aromatic rings. The van der Waals surface area contributed by atoms with E-state index in [4.69, 9.17) is 5.11 Å². The Morgan fingerprint density at radius 3 is 2.46 bits per heavy atom. The molecule has 0 amide bonds. The number of pyridine rings is 1. The van der Waals surface area contributed by atoms with E-state index in [1.807, 2.05) is 30.3 Å². The number of aryl methyl sites for hydroxylation is 1. The Balaban J connectivity index is 0.000000239. The van der Waals surface area contributed by atoms with Crippen molar-refractivity contribution in [2.45, 2.75) is 0 Å². The van der Waals surface area contributed by atoms with Crippen LogP contribution in [0, 0.1) is 17.7 Å². The Bertz CT molecular complexity index is 1090. The van der Waals surface area contributed by atoms with Gasteiger partial charge in [-0.05, 0) is 22.5 Å². The summed E-state index contributed by atoms with van der Waals surface area (Å²) in [5.74, 6) is -2.28. The summed E-state index contributed by atoms with van der Waals surface area (Å²) in [5, 5.41) is 10.2. The van der Waals surface area contributed by atoms with Gasteiger partial charge in [0.05, 0.1) is 0 Å². The third-order valence-electron chi connectivity index (χ3n) is 3.74. The number of halogens is 2. The van der Waals surface area contributed by atoms with E-state index in [1.165, 1.54) is 16.8 Å². The first-order chi connectivity index (χ1) is 13.0. The van der Waals surface area contributed by atoms with Gasteiger partial charge in [0.15, 0.2) is 0 Å². The van der Waals surface area contributed by atoms with Gasteiger partial charge in [0, 0.05) is 57.4 Å². The van der Waals surface area contributed by atoms with Crippen molar-refractivity contribution in [2.24, 2.45) is 7.05 Å². The second-order valence-corrected chi connectivity index (χ2v) is 5.61. The molecule has 0 fully saturated rings. The quantitative estimate of drug-likeness (QED) is 0.377. The molecule has 0 aliphatic heterocycles. The summed E-state index contributed by atoms with van der Waals surface area (Å²) < 4.78 is 27.9. The Morgan fingerprint density at radius 2 is 1.86 bits per heavy atom. The molecular weight excluding hydrogens is 544 g/mol. The molecule has 2 aromatic carbocycles. The van der Waals surface area contributed by atoms with Gasteiger partial charge < -0.3 is 14.7 Å². The van der Waals surface area contributed by atoms with Crippen LogP contribution in [0.3, 0.4) is 0 Å². The monoisotopic (exact) mass is 559 g/mol. The third kappa shape index (κ3) is 4.85. The van der Waals surface area contributed by atoms with Crippen LogP contribution in [0.25, 0.3) is 22.0 Å². The summed E-state index contributed by atoms with van der Waals surface area (Å²) in [6.45, 7) is 0. The van der Waals surface area contributed by atoms with E-state index in [0.717, 1.165) is 16.8 Å². The number of carboxylic acid groups (broad SMARTS) is 1. The van der Waals surface area contributed by atoms with Gasteiger partial charge in [0.1, 0.15) is 0 Å². The molecule has 1 N–H and O–H groups in total. The topological polar surface area (TPSA) is 68.0 Å². The number of imidazole rings is 1. The van der Waals surface area contributed by atoms with Gasteiger partial charge in [-0.15, -0.1) is 17.7 Å². The minimum Gasteiger partial charge on any atom is -0.475 e. The third-order valence-corrected chi connectivity index (χ3v) is 3.74. The molecule has 0 spiro atoms. The van der Waals surface area contributed by atoms with E-state index in [9.17, 15) is 13.6 Å². The number of carboxylic acids is 1. The Kier molecular flexibility index (Phi) is 7.09. The van der Waals surface area contributed by atoms with Crippen molar-refractivity contribution < 1.29 is 38.8 Å². The number of fused-ring (bicyclic) bond motifs is 1. The summed E-state index contributed by atoms with van der Waals surface area (Å²) in [6, 6.07) is 13.9. The zero-order valence-electron chi connectivity index (χ0n) is 14.6. The summed E-state index contributed by atoms with van der Waals surface area (Å²) in [7, 11) is 1.64. The van der Waals surface area contributed by atoms with Crippen molar-refractivity contribution in [3.05, 3.63) is 84.6 Å². The maximum Gasteiger partial charge on any atom is 0.372 e. The van der Waals surface area contributed by atoms with Crippen molar-refractivity contribution in [2.75, 3.05) is 0 Å². The van der Waals surface area contributed by atoms with E-state index in [1.54, 1.807) is 19.4 Å². The molecule has 0 unspecified atom stereocenters. The summed E-state index contributed by atoms with van der Waals surface area (Å²) in [6.07, 6.45) is 4.65. The van der Waals surface area contributed by atoms with Crippen LogP contribution in [0.1, 0.15) is 10.6 Å². The summed E-state index contributed by atoms with van der Waals surface area (Å²) in [4.78, 5) is 18.0. The molecule has 1 radical (unpaired) electrons. The molecule has 0 saturated carbocycles. The second-order valence-electron chi connectivity index (χ2n) is 5.61. The van der Waals surface area contributed by atoms with Crippen LogP contribution in [0.15, 0.2) is 61.1 Å². The van der Waals surface area contributed by atoms with E-state index in [-0.39, 0.29) is 25.9 Å². The van der Waals surface area contributed by atoms with Gasteiger partial charge >= 0.3 is 5.97 Å². The van der Waals surface area contributed by atoms with Crippen LogP contribution in [0.5, 0.6) is 0 Å². The minimum absolute atomic E-state index is 0. The molecule has 28 heavy (non-hydrogen) atoms. The van der Waals surface area contributed by atoms with Gasteiger partial charge in [-0.25, -0.2) is 18.6 Å². The average molecular weight is 559 g/mol. The smallest absolute Gasteiger partial charge is 0.372 e. The van der Waals surface area contributed by atoms with Crippen LogP contribution < -0.4 is 0 Å². The zero-order valence-corrected chi connectivity index (χ0v) is 17.0. The van der Waals surface area contributed by atoms with E-state index in [0.29, 0.717) is 11.3 Å². The summed E-state index contributed by atoms with van der Waals surface area (Å²) in [5.41, 5.74) is 0.857. The number of benzene rings is 2. The van der Waals surface area contributed by atoms with Crippen LogP contribution in [0.4, 0.5) is 8.78 Å². The fraction of sp³-hybridized carbons (Fsp3) is 0.0500. The standard InChI is InChI=1S/C15H8F2N.C5H6N2O2.Ir/c16-12-7-11(8-13(17)9-12)15-14-4-2-1-3-10(14)5-6-18-15;1-7-3-2-6-4(7)5(8)9;/h1-7,9H;2-3H,1H3,(H,8,9);/q-1;;. The summed E-state index contributed by atoms with van der Waals surface area (Å²) >= 11 is 0. The number of hydrogen-bond acceptors (Lipinski definition) is 3. The van der Waals surface area contributed by atoms with E-state index >= 15 is 0 Å². The van der Waals surface area contributed by atoms with Gasteiger partial charge in [-0.3, -0.25) is 0 Å². The van der Waals surface area contributed by atoms with Crippen molar-refractivity contribution in [1.29, 1.82) is 0 Å². The second kappa shape index (κ2) is 9.30. The first-order valence-corrected chi connectivity index (χ1v) is 7.89. The van der Waals surface area contributed by atoms with Crippen molar-refractivity contribution in [3.63, 3.8) is 0 Å². The predicted molar refractivity (Wildman–Crippen MR) is 96.1 cm³/mol. The number of carbonyl (C=O) groups is 1. The van der Waals surface area contributed by atoms with Gasteiger partial charge in [-0.2, -0.15) is 0 Å². The molecule has 5 nitrogen and oxygen atoms in total. The van der Waals surface area contributed by atoms with Crippen molar-refractivity contribution in [1.82, 2.24) is 14.5 Å². The van der Waals surface area contributed by atoms with E-state index in [2.05, 4.69) is 16.0 Å². The van der Waals surface area contributed by atoms with Crippen molar-refractivity contribution in [3.8, 4) is 11.3 Å². The molecule has 2 aromatic heterocycles. The van der Waals surface area contributed by atoms with Gasteiger partial charge in [-0.1, -0.05) is 30.3 Å². The fourth-order valence-corrected chi connectivity index (χ4v) is 2.53. The SMILES string of the molecule is Cn1ccnc1C(=O)O.Fc1[c-]c(-c2nccc3ccccc23)cc(F)c1.[Ir]. The van der Waals surface area contributed by atoms with Gasteiger partial charge in [0.25, 0.3) is 0 Å². The van der Waals surface area contributed by atoms with Crippen LogP contribution in [-0.4, -0.2) is 25.6 Å². The number of aromatic carboxylic acids is 1. The van der Waals surface area contributed by atoms with Crippen LogP contribution >= 0.6 is 0 Å². The molecule has 8 heteroatoms.